The summed E-state index contributed by atoms with van der Waals surface area (Å²) in [6.07, 6.45) is 1.34. The van der Waals surface area contributed by atoms with Crippen LogP contribution in [-0.2, 0) is 9.53 Å². The zero-order valence-electron chi connectivity index (χ0n) is 9.77. The molecule has 1 N–H and O–H groups in total. The molecule has 0 amide bonds. The third-order valence-corrected chi connectivity index (χ3v) is 3.23. The van der Waals surface area contributed by atoms with Crippen LogP contribution in [0.15, 0.2) is 0 Å². The molecule has 0 aromatic rings. The maximum Gasteiger partial charge on any atom is 0.307 e. The van der Waals surface area contributed by atoms with Crippen molar-refractivity contribution in [2.45, 2.75) is 26.4 Å². The third-order valence-electron chi connectivity index (χ3n) is 3.23. The summed E-state index contributed by atoms with van der Waals surface area (Å²) in [6.45, 7) is 6.41. The van der Waals surface area contributed by atoms with Gasteiger partial charge in [-0.15, -0.1) is 0 Å². The van der Waals surface area contributed by atoms with Gasteiger partial charge in [0.15, 0.2) is 0 Å². The maximum absolute atomic E-state index is 10.7. The van der Waals surface area contributed by atoms with Crippen LogP contribution in [-0.4, -0.2) is 48.8 Å². The van der Waals surface area contributed by atoms with Gasteiger partial charge in [-0.3, -0.25) is 9.69 Å². The molecule has 3 unspecified atom stereocenters. The summed E-state index contributed by atoms with van der Waals surface area (Å²) in [5.74, 6) is -0.440. The van der Waals surface area contributed by atoms with Crippen molar-refractivity contribution in [1.82, 2.24) is 4.90 Å². The first-order valence-electron chi connectivity index (χ1n) is 5.52. The van der Waals surface area contributed by atoms with Crippen LogP contribution in [0, 0.1) is 11.8 Å². The summed E-state index contributed by atoms with van der Waals surface area (Å²) in [4.78, 5) is 12.9. The molecule has 1 fully saturated rings. The Bertz CT molecular complexity index is 220. The highest BCUT2D eigenvalue weighted by molar-refractivity contribution is 5.69. The van der Waals surface area contributed by atoms with Gasteiger partial charge in [-0.25, -0.2) is 0 Å². The molecule has 1 heterocycles. The second-order valence-electron chi connectivity index (χ2n) is 4.54. The molecule has 0 saturated carbocycles. The molecule has 0 aliphatic carbocycles. The molecule has 0 bridgehead atoms. The average Bonchev–Trinajstić information content (AvgIpc) is 2.20. The van der Waals surface area contributed by atoms with Crippen LogP contribution in [0.25, 0.3) is 0 Å². The number of hydrogen-bond acceptors (Lipinski definition) is 3. The van der Waals surface area contributed by atoms with Gasteiger partial charge in [-0.05, 0) is 18.9 Å². The topological polar surface area (TPSA) is 49.8 Å². The number of methoxy groups -OCH3 is 1. The van der Waals surface area contributed by atoms with Gasteiger partial charge in [0.25, 0.3) is 0 Å². The van der Waals surface area contributed by atoms with E-state index in [2.05, 4.69) is 11.8 Å². The van der Waals surface area contributed by atoms with Gasteiger partial charge in [-0.1, -0.05) is 13.8 Å². The second kappa shape index (κ2) is 5.47. The molecule has 1 rings (SSSR count). The average molecular weight is 215 g/mol. The Morgan fingerprint density at radius 2 is 2.33 bits per heavy atom. The van der Waals surface area contributed by atoms with Gasteiger partial charge in [-0.2, -0.15) is 0 Å². The lowest BCUT2D eigenvalue weighted by Gasteiger charge is -2.36. The molecule has 88 valence electrons. The Kier molecular flexibility index (Phi) is 4.54. The summed E-state index contributed by atoms with van der Waals surface area (Å²) >= 11 is 0. The van der Waals surface area contributed by atoms with Crippen LogP contribution in [0.2, 0.25) is 0 Å². The Morgan fingerprint density at radius 3 is 2.87 bits per heavy atom. The van der Waals surface area contributed by atoms with Crippen molar-refractivity contribution in [2.24, 2.45) is 11.8 Å². The van der Waals surface area contributed by atoms with Gasteiger partial charge in [0.05, 0.1) is 12.0 Å². The Hall–Kier alpha value is -0.610. The van der Waals surface area contributed by atoms with E-state index >= 15 is 0 Å². The fourth-order valence-electron chi connectivity index (χ4n) is 2.04. The number of rotatable bonds is 4. The predicted octanol–water partition coefficient (Wildman–Crippen LogP) is 1.06. The van der Waals surface area contributed by atoms with Crippen LogP contribution < -0.4 is 0 Å². The Morgan fingerprint density at radius 1 is 1.67 bits per heavy atom. The summed E-state index contributed by atoms with van der Waals surface area (Å²) in [6, 6.07) is 0. The molecule has 3 atom stereocenters. The molecule has 0 aromatic carbocycles. The van der Waals surface area contributed by atoms with E-state index in [1.165, 1.54) is 0 Å². The van der Waals surface area contributed by atoms with Crippen LogP contribution in [0.5, 0.6) is 0 Å². The van der Waals surface area contributed by atoms with E-state index < -0.39 is 5.97 Å². The number of carbonyl (C=O) groups is 1. The van der Waals surface area contributed by atoms with Crippen molar-refractivity contribution >= 4 is 5.97 Å². The van der Waals surface area contributed by atoms with E-state index in [1.54, 1.807) is 14.0 Å². The molecule has 1 saturated heterocycles. The van der Waals surface area contributed by atoms with Gasteiger partial charge < -0.3 is 9.84 Å². The molecular weight excluding hydrogens is 194 g/mol. The zero-order valence-corrected chi connectivity index (χ0v) is 9.77. The normalized spacial score (nSPS) is 30.1. The zero-order chi connectivity index (χ0) is 11.4. The Labute approximate surface area is 91.2 Å². The number of piperidine rings is 1. The summed E-state index contributed by atoms with van der Waals surface area (Å²) < 4.78 is 5.39. The van der Waals surface area contributed by atoms with E-state index in [0.29, 0.717) is 12.5 Å². The van der Waals surface area contributed by atoms with E-state index in [1.807, 2.05) is 0 Å². The number of ether oxygens (including phenoxy) is 1. The largest absolute Gasteiger partial charge is 0.481 e. The lowest BCUT2D eigenvalue weighted by atomic mass is 9.95. The minimum absolute atomic E-state index is 0.250. The highest BCUT2D eigenvalue weighted by atomic mass is 16.5. The van der Waals surface area contributed by atoms with Gasteiger partial charge in [0, 0.05) is 20.2 Å². The number of carboxylic acids is 1. The van der Waals surface area contributed by atoms with Gasteiger partial charge in [0.1, 0.15) is 0 Å². The van der Waals surface area contributed by atoms with E-state index in [-0.39, 0.29) is 12.0 Å². The van der Waals surface area contributed by atoms with Crippen molar-refractivity contribution in [3.63, 3.8) is 0 Å². The van der Waals surface area contributed by atoms with Crippen LogP contribution in [0.1, 0.15) is 20.3 Å². The van der Waals surface area contributed by atoms with Crippen LogP contribution >= 0.6 is 0 Å². The fraction of sp³-hybridized carbons (Fsp3) is 0.909. The lowest BCUT2D eigenvalue weighted by molar-refractivity contribution is -0.142. The first-order chi connectivity index (χ1) is 7.04. The molecular formula is C11H21NO3. The first kappa shape index (κ1) is 12.5. The molecule has 0 aromatic heterocycles. The molecule has 4 nitrogen and oxygen atoms in total. The number of nitrogens with zero attached hydrogens (tertiary/aromatic N) is 1. The summed E-state index contributed by atoms with van der Waals surface area (Å²) in [7, 11) is 1.73. The number of likely N-dealkylation sites (tertiary alicyclic amines) is 1. The second-order valence-corrected chi connectivity index (χ2v) is 4.54. The fourth-order valence-corrected chi connectivity index (χ4v) is 2.04. The molecule has 1 aliphatic rings. The SMILES string of the molecule is COC1CN(CC(C)C(=O)O)CCC1C. The first-order valence-corrected chi connectivity index (χ1v) is 5.52. The van der Waals surface area contributed by atoms with Crippen molar-refractivity contribution in [3.8, 4) is 0 Å². The van der Waals surface area contributed by atoms with Crippen LogP contribution in [0.4, 0.5) is 0 Å². The minimum atomic E-state index is -0.720. The van der Waals surface area contributed by atoms with Crippen molar-refractivity contribution in [2.75, 3.05) is 26.7 Å². The summed E-state index contributed by atoms with van der Waals surface area (Å²) in [5, 5.41) is 8.83. The molecule has 1 aliphatic heterocycles. The van der Waals surface area contributed by atoms with E-state index in [0.717, 1.165) is 19.5 Å². The van der Waals surface area contributed by atoms with Crippen LogP contribution in [0.3, 0.4) is 0 Å². The van der Waals surface area contributed by atoms with Crippen molar-refractivity contribution in [3.05, 3.63) is 0 Å². The number of aliphatic carboxylic acids is 1. The van der Waals surface area contributed by atoms with Gasteiger partial charge in [0.2, 0.25) is 0 Å². The number of carboxylic acid groups (broad SMARTS) is 1. The van der Waals surface area contributed by atoms with Crippen molar-refractivity contribution in [1.29, 1.82) is 0 Å². The molecule has 0 radical (unpaired) electrons. The highest BCUT2D eigenvalue weighted by Gasteiger charge is 2.27. The molecule has 4 heteroatoms. The predicted molar refractivity (Wildman–Crippen MR) is 57.8 cm³/mol. The quantitative estimate of drug-likeness (QED) is 0.762. The van der Waals surface area contributed by atoms with E-state index in [4.69, 9.17) is 9.84 Å². The van der Waals surface area contributed by atoms with Gasteiger partial charge >= 0.3 is 5.97 Å². The standard InChI is InChI=1S/C11H21NO3/c1-8-4-5-12(7-10(8)15-3)6-9(2)11(13)14/h8-10H,4-7H2,1-3H3,(H,13,14). The molecule has 15 heavy (non-hydrogen) atoms. The maximum atomic E-state index is 10.7. The Balaban J connectivity index is 2.41. The molecule has 0 spiro atoms. The smallest absolute Gasteiger partial charge is 0.307 e. The highest BCUT2D eigenvalue weighted by Crippen LogP contribution is 2.20. The third kappa shape index (κ3) is 3.47. The monoisotopic (exact) mass is 215 g/mol. The van der Waals surface area contributed by atoms with Crippen molar-refractivity contribution < 1.29 is 14.6 Å². The summed E-state index contributed by atoms with van der Waals surface area (Å²) in [5.41, 5.74) is 0. The lowest BCUT2D eigenvalue weighted by Crippen LogP contribution is -2.46. The minimum Gasteiger partial charge on any atom is -0.481 e. The van der Waals surface area contributed by atoms with E-state index in [9.17, 15) is 4.79 Å². The number of hydrogen-bond donors (Lipinski definition) is 1.